The molecule has 10 aromatic carbocycles. The highest BCUT2D eigenvalue weighted by Crippen LogP contribution is 2.45. The summed E-state index contributed by atoms with van der Waals surface area (Å²) in [5, 5.41) is 7.40. The molecule has 1 heterocycles. The first kappa shape index (κ1) is 33.6. The molecular weight excluding hydrogens is 701 g/mol. The summed E-state index contributed by atoms with van der Waals surface area (Å²) < 4.78 is 2.39. The summed E-state index contributed by atoms with van der Waals surface area (Å²) in [6.07, 6.45) is 0. The van der Waals surface area contributed by atoms with Crippen molar-refractivity contribution in [3.63, 3.8) is 0 Å². The van der Waals surface area contributed by atoms with Crippen LogP contribution in [0, 0.1) is 0 Å². The Morgan fingerprint density at radius 3 is 1.66 bits per heavy atom. The van der Waals surface area contributed by atoms with Gasteiger partial charge in [0.1, 0.15) is 0 Å². The van der Waals surface area contributed by atoms with Gasteiger partial charge in [0.25, 0.3) is 0 Å². The van der Waals surface area contributed by atoms with Gasteiger partial charge in [0, 0.05) is 27.8 Å². The van der Waals surface area contributed by atoms with Crippen molar-refractivity contribution in [3.8, 4) is 39.1 Å². The summed E-state index contributed by atoms with van der Waals surface area (Å²) in [4.78, 5) is 2.43. The quantitative estimate of drug-likeness (QED) is 0.158. The van der Waals surface area contributed by atoms with Gasteiger partial charge in [0.15, 0.2) is 0 Å². The molecule has 58 heavy (non-hydrogen) atoms. The van der Waals surface area contributed by atoms with Crippen LogP contribution in [0.15, 0.2) is 231 Å². The Labute approximate surface area is 338 Å². The Morgan fingerprint density at radius 2 is 0.897 bits per heavy atom. The summed E-state index contributed by atoms with van der Waals surface area (Å²) >= 11 is 0. The van der Waals surface area contributed by atoms with Gasteiger partial charge < -0.3 is 9.47 Å². The molecule has 0 saturated carbocycles. The summed E-state index contributed by atoms with van der Waals surface area (Å²) in [6, 6.07) is 83.7. The normalized spacial score (nSPS) is 11.4. The van der Waals surface area contributed by atoms with Crippen LogP contribution in [0.5, 0.6) is 0 Å². The lowest BCUT2D eigenvalue weighted by molar-refractivity contribution is 1.18. The molecule has 0 radical (unpaired) electrons. The third kappa shape index (κ3) is 5.74. The molecule has 0 unspecified atom stereocenters. The second kappa shape index (κ2) is 14.1. The number of nitrogens with zero attached hydrogens (tertiary/aromatic N) is 2. The van der Waals surface area contributed by atoms with E-state index in [0.29, 0.717) is 0 Å². The first-order valence-electron chi connectivity index (χ1n) is 19.9. The monoisotopic (exact) mass is 738 g/mol. The van der Waals surface area contributed by atoms with E-state index in [9.17, 15) is 0 Å². The van der Waals surface area contributed by atoms with Gasteiger partial charge in [-0.25, -0.2) is 0 Å². The highest BCUT2D eigenvalue weighted by atomic mass is 15.1. The van der Waals surface area contributed by atoms with Crippen LogP contribution in [0.3, 0.4) is 0 Å². The Balaban J connectivity index is 1.11. The van der Waals surface area contributed by atoms with Crippen LogP contribution >= 0.6 is 0 Å². The molecule has 0 fully saturated rings. The van der Waals surface area contributed by atoms with Gasteiger partial charge in [0.05, 0.1) is 16.7 Å². The van der Waals surface area contributed by atoms with E-state index < -0.39 is 0 Å². The molecule has 0 N–H and O–H groups in total. The highest BCUT2D eigenvalue weighted by molar-refractivity contribution is 6.16. The fourth-order valence-electron chi connectivity index (χ4n) is 8.86. The molecule has 0 amide bonds. The zero-order chi connectivity index (χ0) is 38.4. The van der Waals surface area contributed by atoms with E-state index in [4.69, 9.17) is 0 Å². The molecule has 0 aliphatic carbocycles. The SMILES string of the molecule is c1ccc(-c2ccc3ccccc3c2-c2ccc(N(c3ccc(-c4ccc5ccccc5c4)cc3)c3cccc4c3c3ccccc3n4-c3ccccc3)cc2)cc1. The van der Waals surface area contributed by atoms with Crippen molar-refractivity contribution < 1.29 is 0 Å². The average molecular weight is 739 g/mol. The van der Waals surface area contributed by atoms with E-state index >= 15 is 0 Å². The van der Waals surface area contributed by atoms with Crippen molar-refractivity contribution in [2.75, 3.05) is 4.90 Å². The predicted octanol–water partition coefficient (Wildman–Crippen LogP) is 15.6. The fraction of sp³-hybridized carbons (Fsp3) is 0. The lowest BCUT2D eigenvalue weighted by Crippen LogP contribution is -2.10. The second-order valence-corrected chi connectivity index (χ2v) is 14.9. The number of benzene rings is 10. The number of hydrogen-bond acceptors (Lipinski definition) is 1. The van der Waals surface area contributed by atoms with Gasteiger partial charge in [-0.3, -0.25) is 0 Å². The molecular formula is C56H38N2. The second-order valence-electron chi connectivity index (χ2n) is 14.9. The van der Waals surface area contributed by atoms with E-state index in [-0.39, 0.29) is 0 Å². The minimum atomic E-state index is 1.09. The minimum absolute atomic E-state index is 1.09. The summed E-state index contributed by atoms with van der Waals surface area (Å²) in [5.41, 5.74) is 14.1. The van der Waals surface area contributed by atoms with Gasteiger partial charge in [0.2, 0.25) is 0 Å². The molecule has 0 bridgehead atoms. The van der Waals surface area contributed by atoms with Crippen molar-refractivity contribution in [2.24, 2.45) is 0 Å². The molecule has 0 aliphatic rings. The van der Waals surface area contributed by atoms with Crippen molar-refractivity contribution >= 4 is 60.4 Å². The average Bonchev–Trinajstić information content (AvgIpc) is 3.65. The van der Waals surface area contributed by atoms with Gasteiger partial charge in [-0.15, -0.1) is 0 Å². The van der Waals surface area contributed by atoms with Crippen molar-refractivity contribution in [1.82, 2.24) is 4.57 Å². The first-order chi connectivity index (χ1) is 28.8. The lowest BCUT2D eigenvalue weighted by Gasteiger charge is -2.27. The van der Waals surface area contributed by atoms with E-state index in [0.717, 1.165) is 22.7 Å². The Kier molecular flexibility index (Phi) is 8.19. The Bertz CT molecular complexity index is 3250. The summed E-state index contributed by atoms with van der Waals surface area (Å²) in [7, 11) is 0. The van der Waals surface area contributed by atoms with Crippen LogP contribution in [-0.4, -0.2) is 4.57 Å². The minimum Gasteiger partial charge on any atom is -0.310 e. The maximum Gasteiger partial charge on any atom is 0.0562 e. The van der Waals surface area contributed by atoms with Gasteiger partial charge >= 0.3 is 0 Å². The standard InChI is InChI=1S/C56H38N2/c1-3-15-41(16-4-1)50-37-32-42-17-9-10-21-49(42)55(50)43-30-35-48(36-31-43)57(47-33-28-40(29-34-47)45-27-26-39-14-7-8-18-44(39)38-45)53-24-13-25-54-56(53)51-22-11-12-23-52(51)58(54)46-19-5-2-6-20-46/h1-38H. The van der Waals surface area contributed by atoms with E-state index in [1.54, 1.807) is 0 Å². The van der Waals surface area contributed by atoms with Gasteiger partial charge in [-0.05, 0) is 116 Å². The van der Waals surface area contributed by atoms with Gasteiger partial charge in [-0.1, -0.05) is 170 Å². The maximum atomic E-state index is 2.43. The van der Waals surface area contributed by atoms with Crippen LogP contribution in [0.1, 0.15) is 0 Å². The van der Waals surface area contributed by atoms with Crippen molar-refractivity contribution in [1.29, 1.82) is 0 Å². The van der Waals surface area contributed by atoms with Crippen LogP contribution in [0.2, 0.25) is 0 Å². The maximum absolute atomic E-state index is 2.43. The smallest absolute Gasteiger partial charge is 0.0562 e. The molecule has 0 spiro atoms. The van der Waals surface area contributed by atoms with E-state index in [1.165, 1.54) is 76.7 Å². The third-order valence-corrected chi connectivity index (χ3v) is 11.6. The van der Waals surface area contributed by atoms with Crippen LogP contribution in [0.4, 0.5) is 17.1 Å². The molecule has 0 aliphatic heterocycles. The number of anilines is 3. The predicted molar refractivity (Wildman–Crippen MR) is 247 cm³/mol. The summed E-state index contributed by atoms with van der Waals surface area (Å²) in [5.74, 6) is 0. The zero-order valence-corrected chi connectivity index (χ0v) is 31.8. The first-order valence-corrected chi connectivity index (χ1v) is 19.9. The molecule has 11 rings (SSSR count). The Morgan fingerprint density at radius 1 is 0.328 bits per heavy atom. The highest BCUT2D eigenvalue weighted by Gasteiger charge is 2.22. The fourth-order valence-corrected chi connectivity index (χ4v) is 8.86. The molecule has 0 atom stereocenters. The largest absolute Gasteiger partial charge is 0.310 e. The molecule has 1 aromatic heterocycles. The number of fused-ring (bicyclic) bond motifs is 5. The third-order valence-electron chi connectivity index (χ3n) is 11.6. The van der Waals surface area contributed by atoms with E-state index in [1.807, 2.05) is 0 Å². The molecule has 2 nitrogen and oxygen atoms in total. The molecule has 272 valence electrons. The van der Waals surface area contributed by atoms with Crippen molar-refractivity contribution in [2.45, 2.75) is 0 Å². The molecule has 2 heteroatoms. The topological polar surface area (TPSA) is 8.17 Å². The number of para-hydroxylation sites is 2. The summed E-state index contributed by atoms with van der Waals surface area (Å²) in [6.45, 7) is 0. The lowest BCUT2D eigenvalue weighted by atomic mass is 9.89. The molecule has 11 aromatic rings. The number of aromatic nitrogens is 1. The van der Waals surface area contributed by atoms with Crippen LogP contribution in [-0.2, 0) is 0 Å². The number of hydrogen-bond donors (Lipinski definition) is 0. The zero-order valence-electron chi connectivity index (χ0n) is 31.8. The van der Waals surface area contributed by atoms with E-state index in [2.05, 4.69) is 240 Å². The Hall–Kier alpha value is -7.68. The van der Waals surface area contributed by atoms with Crippen LogP contribution in [0.25, 0.3) is 82.4 Å². The van der Waals surface area contributed by atoms with Crippen LogP contribution < -0.4 is 4.90 Å². The van der Waals surface area contributed by atoms with Crippen molar-refractivity contribution in [3.05, 3.63) is 231 Å². The number of rotatable bonds is 7. The molecule has 0 saturated heterocycles. The van der Waals surface area contributed by atoms with Gasteiger partial charge in [-0.2, -0.15) is 0 Å².